The van der Waals surface area contributed by atoms with Crippen molar-refractivity contribution in [3.8, 4) is 0 Å². The zero-order valence-electron chi connectivity index (χ0n) is 11.2. The monoisotopic (exact) mass is 244 g/mol. The summed E-state index contributed by atoms with van der Waals surface area (Å²) in [5.41, 5.74) is 0. The van der Waals surface area contributed by atoms with Crippen molar-refractivity contribution in [2.45, 2.75) is 39.7 Å². The van der Waals surface area contributed by atoms with E-state index >= 15 is 0 Å². The Morgan fingerprint density at radius 2 is 1.94 bits per heavy atom. The molecule has 0 aliphatic carbocycles. The van der Waals surface area contributed by atoms with E-state index in [0.717, 1.165) is 12.8 Å². The molecule has 0 bridgehead atoms. The largest absolute Gasteiger partial charge is 0.481 e. The second-order valence-corrected chi connectivity index (χ2v) is 4.69. The molecule has 0 aromatic rings. The summed E-state index contributed by atoms with van der Waals surface area (Å²) in [5, 5.41) is 11.6. The average molecular weight is 244 g/mol. The first-order chi connectivity index (χ1) is 7.86. The minimum atomic E-state index is -0.836. The number of amides is 1. The van der Waals surface area contributed by atoms with Crippen LogP contribution in [0.3, 0.4) is 0 Å². The standard InChI is InChI=1S/C12H24N2O3/c1-5-6-10(3)13-11(15)8-14(4)7-9(2)12(16)17/h9-10H,5-8H2,1-4H3,(H,13,15)(H,16,17). The Bertz CT molecular complexity index is 256. The summed E-state index contributed by atoms with van der Waals surface area (Å²) in [5.74, 6) is -1.34. The van der Waals surface area contributed by atoms with E-state index in [1.807, 2.05) is 6.92 Å². The Labute approximate surface area is 103 Å². The van der Waals surface area contributed by atoms with Crippen LogP contribution in [-0.4, -0.2) is 48.1 Å². The molecule has 1 amide bonds. The maximum absolute atomic E-state index is 11.6. The number of hydrogen-bond donors (Lipinski definition) is 2. The van der Waals surface area contributed by atoms with Crippen molar-refractivity contribution in [3.63, 3.8) is 0 Å². The second kappa shape index (κ2) is 8.06. The van der Waals surface area contributed by atoms with Gasteiger partial charge in [-0.05, 0) is 20.4 Å². The van der Waals surface area contributed by atoms with Crippen molar-refractivity contribution in [2.75, 3.05) is 20.1 Å². The van der Waals surface area contributed by atoms with E-state index in [0.29, 0.717) is 6.54 Å². The third-order valence-electron chi connectivity index (χ3n) is 2.55. The van der Waals surface area contributed by atoms with Crippen LogP contribution in [0.5, 0.6) is 0 Å². The molecule has 17 heavy (non-hydrogen) atoms. The van der Waals surface area contributed by atoms with Gasteiger partial charge in [-0.3, -0.25) is 14.5 Å². The molecule has 0 fully saturated rings. The first kappa shape index (κ1) is 15.9. The lowest BCUT2D eigenvalue weighted by atomic mass is 10.1. The van der Waals surface area contributed by atoms with E-state index in [-0.39, 0.29) is 18.5 Å². The van der Waals surface area contributed by atoms with Gasteiger partial charge in [-0.25, -0.2) is 0 Å². The lowest BCUT2D eigenvalue weighted by Crippen LogP contribution is -2.41. The molecule has 0 saturated heterocycles. The minimum absolute atomic E-state index is 0.0500. The number of carboxylic acid groups (broad SMARTS) is 1. The van der Waals surface area contributed by atoms with Gasteiger partial charge in [0.05, 0.1) is 12.5 Å². The second-order valence-electron chi connectivity index (χ2n) is 4.69. The number of aliphatic carboxylic acids is 1. The van der Waals surface area contributed by atoms with Crippen molar-refractivity contribution in [3.05, 3.63) is 0 Å². The molecule has 2 unspecified atom stereocenters. The Kier molecular flexibility index (Phi) is 7.54. The average Bonchev–Trinajstić information content (AvgIpc) is 2.16. The quantitative estimate of drug-likeness (QED) is 0.667. The van der Waals surface area contributed by atoms with Gasteiger partial charge < -0.3 is 10.4 Å². The fourth-order valence-corrected chi connectivity index (χ4v) is 1.68. The van der Waals surface area contributed by atoms with Gasteiger partial charge in [0.1, 0.15) is 0 Å². The van der Waals surface area contributed by atoms with Crippen molar-refractivity contribution in [1.82, 2.24) is 10.2 Å². The van der Waals surface area contributed by atoms with E-state index in [2.05, 4.69) is 12.2 Å². The maximum Gasteiger partial charge on any atom is 0.307 e. The van der Waals surface area contributed by atoms with Gasteiger partial charge in [0.2, 0.25) is 5.91 Å². The van der Waals surface area contributed by atoms with Crippen LogP contribution in [0.2, 0.25) is 0 Å². The zero-order valence-corrected chi connectivity index (χ0v) is 11.2. The van der Waals surface area contributed by atoms with Gasteiger partial charge in [-0.15, -0.1) is 0 Å². The number of carbonyl (C=O) groups is 2. The molecule has 5 heteroatoms. The first-order valence-corrected chi connectivity index (χ1v) is 6.07. The molecular weight excluding hydrogens is 220 g/mol. The van der Waals surface area contributed by atoms with Crippen molar-refractivity contribution < 1.29 is 14.7 Å². The molecule has 0 aliphatic rings. The van der Waals surface area contributed by atoms with Gasteiger partial charge >= 0.3 is 5.97 Å². The number of hydrogen-bond acceptors (Lipinski definition) is 3. The fraction of sp³-hybridized carbons (Fsp3) is 0.833. The van der Waals surface area contributed by atoms with Crippen LogP contribution in [0.4, 0.5) is 0 Å². The Balaban J connectivity index is 3.91. The van der Waals surface area contributed by atoms with Crippen LogP contribution in [-0.2, 0) is 9.59 Å². The fourth-order valence-electron chi connectivity index (χ4n) is 1.68. The molecule has 0 spiro atoms. The SMILES string of the molecule is CCCC(C)NC(=O)CN(C)CC(C)C(=O)O. The van der Waals surface area contributed by atoms with Crippen molar-refractivity contribution in [1.29, 1.82) is 0 Å². The summed E-state index contributed by atoms with van der Waals surface area (Å²) >= 11 is 0. The molecular formula is C12H24N2O3. The van der Waals surface area contributed by atoms with E-state index in [1.54, 1.807) is 18.9 Å². The van der Waals surface area contributed by atoms with Crippen LogP contribution in [0.1, 0.15) is 33.6 Å². The summed E-state index contributed by atoms with van der Waals surface area (Å²) < 4.78 is 0. The molecule has 0 aromatic heterocycles. The zero-order chi connectivity index (χ0) is 13.4. The predicted octanol–water partition coefficient (Wildman–Crippen LogP) is 0.944. The predicted molar refractivity (Wildman–Crippen MR) is 66.8 cm³/mol. The Hall–Kier alpha value is -1.10. The number of rotatable bonds is 8. The van der Waals surface area contributed by atoms with Crippen LogP contribution in [0.25, 0.3) is 0 Å². The van der Waals surface area contributed by atoms with Gasteiger partial charge in [-0.1, -0.05) is 20.3 Å². The molecule has 5 nitrogen and oxygen atoms in total. The summed E-state index contributed by atoms with van der Waals surface area (Å²) in [6.45, 7) is 6.30. The third kappa shape index (κ3) is 7.74. The molecule has 0 radical (unpaired) electrons. The smallest absolute Gasteiger partial charge is 0.307 e. The highest BCUT2D eigenvalue weighted by Crippen LogP contribution is 1.99. The molecule has 0 aliphatic heterocycles. The topological polar surface area (TPSA) is 69.6 Å². The van der Waals surface area contributed by atoms with Crippen LogP contribution in [0, 0.1) is 5.92 Å². The third-order valence-corrected chi connectivity index (χ3v) is 2.55. The molecule has 0 heterocycles. The maximum atomic E-state index is 11.6. The minimum Gasteiger partial charge on any atom is -0.481 e. The van der Waals surface area contributed by atoms with Gasteiger partial charge in [0, 0.05) is 12.6 Å². The first-order valence-electron chi connectivity index (χ1n) is 6.07. The van der Waals surface area contributed by atoms with Gasteiger partial charge in [0.25, 0.3) is 0 Å². The van der Waals surface area contributed by atoms with E-state index in [1.165, 1.54) is 0 Å². The normalized spacial score (nSPS) is 14.4. The molecule has 0 saturated carbocycles. The highest BCUT2D eigenvalue weighted by atomic mass is 16.4. The Morgan fingerprint density at radius 1 is 1.35 bits per heavy atom. The molecule has 2 N–H and O–H groups in total. The summed E-state index contributed by atoms with van der Waals surface area (Å²) in [7, 11) is 1.75. The number of nitrogens with one attached hydrogen (secondary N) is 1. The van der Waals surface area contributed by atoms with Crippen LogP contribution in [0.15, 0.2) is 0 Å². The number of nitrogens with zero attached hydrogens (tertiary/aromatic N) is 1. The molecule has 100 valence electrons. The van der Waals surface area contributed by atoms with E-state index in [4.69, 9.17) is 5.11 Å². The molecule has 0 aromatic carbocycles. The van der Waals surface area contributed by atoms with Gasteiger partial charge in [-0.2, -0.15) is 0 Å². The van der Waals surface area contributed by atoms with Crippen LogP contribution < -0.4 is 5.32 Å². The molecule has 2 atom stereocenters. The summed E-state index contributed by atoms with van der Waals surface area (Å²) in [6, 6.07) is 0.179. The number of carbonyl (C=O) groups excluding carboxylic acids is 1. The van der Waals surface area contributed by atoms with Crippen molar-refractivity contribution in [2.24, 2.45) is 5.92 Å². The lowest BCUT2D eigenvalue weighted by molar-refractivity contribution is -0.142. The highest BCUT2D eigenvalue weighted by Gasteiger charge is 2.16. The van der Waals surface area contributed by atoms with E-state index < -0.39 is 11.9 Å². The highest BCUT2D eigenvalue weighted by molar-refractivity contribution is 5.78. The van der Waals surface area contributed by atoms with Crippen molar-refractivity contribution >= 4 is 11.9 Å². The molecule has 0 rings (SSSR count). The lowest BCUT2D eigenvalue weighted by Gasteiger charge is -2.20. The number of carboxylic acids is 1. The summed E-state index contributed by atoms with van der Waals surface area (Å²) in [4.78, 5) is 24.0. The Morgan fingerprint density at radius 3 is 2.41 bits per heavy atom. The van der Waals surface area contributed by atoms with E-state index in [9.17, 15) is 9.59 Å². The van der Waals surface area contributed by atoms with Gasteiger partial charge in [0.15, 0.2) is 0 Å². The summed E-state index contributed by atoms with van der Waals surface area (Å²) in [6.07, 6.45) is 1.99. The van der Waals surface area contributed by atoms with Crippen LogP contribution >= 0.6 is 0 Å². The number of likely N-dealkylation sites (N-methyl/N-ethyl adjacent to an activating group) is 1.